The van der Waals surface area contributed by atoms with Gasteiger partial charge in [0.2, 0.25) is 0 Å². The van der Waals surface area contributed by atoms with Gasteiger partial charge in [-0.05, 0) is 200 Å². The fourth-order valence-electron chi connectivity index (χ4n) is 7.99. The molecule has 4 N–H and O–H groups in total. The van der Waals surface area contributed by atoms with Crippen LogP contribution < -0.4 is 16.1 Å². The van der Waals surface area contributed by atoms with E-state index < -0.39 is 7.12 Å². The number of aromatic nitrogens is 4. The molecular weight excluding hydrogens is 1650 g/mol. The van der Waals surface area contributed by atoms with Gasteiger partial charge in [-0.1, -0.05) is 257 Å². The number of benzene rings is 6. The smallest absolute Gasteiger partial charge is 0.423 e. The first kappa shape index (κ1) is 79.6. The lowest BCUT2D eigenvalue weighted by Crippen LogP contribution is -2.29. The lowest BCUT2D eigenvalue weighted by Gasteiger charge is -2.29. The van der Waals surface area contributed by atoms with Gasteiger partial charge in [-0.15, -0.1) is 0 Å². The highest BCUT2D eigenvalue weighted by Crippen LogP contribution is 2.41. The van der Waals surface area contributed by atoms with Gasteiger partial charge in [-0.25, -0.2) is 4.98 Å². The summed E-state index contributed by atoms with van der Waals surface area (Å²) < 4.78 is 3.80. The maximum Gasteiger partial charge on any atom is 0.488 e. The Hall–Kier alpha value is -4.52. The van der Waals surface area contributed by atoms with Crippen molar-refractivity contribution < 1.29 is 10.0 Å². The van der Waals surface area contributed by atoms with Crippen LogP contribution in [0.1, 0.15) is 81.3 Å². The van der Waals surface area contributed by atoms with Crippen LogP contribution in [-0.4, -0.2) is 47.4 Å². The number of nitrogen functional groups attached to an aromatic ring is 1. The third-order valence-electron chi connectivity index (χ3n) is 11.8. The lowest BCUT2D eigenvalue weighted by molar-refractivity contribution is 0.426. The van der Waals surface area contributed by atoms with E-state index in [2.05, 4.69) is 259 Å². The van der Waals surface area contributed by atoms with E-state index in [4.69, 9.17) is 39.0 Å². The molecular formula is C72H82BBrCl2I4N6O2. The largest absolute Gasteiger partial charge is 0.488 e. The first-order valence-corrected chi connectivity index (χ1v) is 35.0. The number of hydrogen-bond donors (Lipinski definition) is 3. The second-order valence-corrected chi connectivity index (χ2v) is 30.4. The van der Waals surface area contributed by atoms with Crippen LogP contribution in [0.25, 0.3) is 33.8 Å². The highest BCUT2D eigenvalue weighted by molar-refractivity contribution is 14.2. The van der Waals surface area contributed by atoms with Crippen molar-refractivity contribution in [3.8, 4) is 33.8 Å². The van der Waals surface area contributed by atoms with Gasteiger partial charge in [-0.3, -0.25) is 15.0 Å². The molecule has 0 aliphatic rings. The molecule has 0 saturated heterocycles. The molecule has 4 heterocycles. The third kappa shape index (κ3) is 31.0. The zero-order valence-corrected chi connectivity index (χ0v) is 62.7. The van der Waals surface area contributed by atoms with Gasteiger partial charge < -0.3 is 20.7 Å². The summed E-state index contributed by atoms with van der Waals surface area (Å²) in [5, 5.41) is 18.5. The molecule has 0 amide bonds. The van der Waals surface area contributed by atoms with Gasteiger partial charge in [0.25, 0.3) is 0 Å². The van der Waals surface area contributed by atoms with Crippen molar-refractivity contribution in [1.29, 1.82) is 0 Å². The van der Waals surface area contributed by atoms with E-state index >= 15 is 0 Å². The highest BCUT2D eigenvalue weighted by atomic mass is 127. The molecule has 464 valence electrons. The highest BCUT2D eigenvalue weighted by Gasteiger charge is 2.19. The van der Waals surface area contributed by atoms with E-state index in [1.165, 1.54) is 62.4 Å². The Morgan fingerprint density at radius 1 is 0.511 bits per heavy atom. The van der Waals surface area contributed by atoms with Crippen molar-refractivity contribution in [3.05, 3.63) is 267 Å². The standard InChI is InChI=1S/C31H27N3.C11H8ClN.C9H13N.C6H6BClO2.C5H4BrN.C3H6I2.2C3H7I.CH4/c1-22-18-23(2)31(24(3)19-22)34(27-12-8-10-25(20-27)29-14-4-6-16-32-29)28-13-9-11-26(21-28)30-15-5-7-17-33-30;12-10-5-3-4-9(8-10)11-6-1-2-7-13-11;1-6-4-7(2)9(10)8(3)5-6;8-6-3-1-2-5(4-6)7(9)10;6-5-3-1-2-4-7-5;1-2-3(4)5;1-3(2)4;1-2-3-4;/h4-21H,1-3H3;1-8H;4-5H,10H2,1-3H3;1-4,9-10H;1-4H;3H,2H2,1H3;3H,1-2H3;2-3H2,1H3;1H4. The van der Waals surface area contributed by atoms with Gasteiger partial charge in [0, 0.05) is 72.5 Å². The number of nitrogens with two attached hydrogens (primary N) is 1. The molecule has 16 heteroatoms. The monoisotopic (exact) mass is 1730 g/mol. The second kappa shape index (κ2) is 44.9. The van der Waals surface area contributed by atoms with Gasteiger partial charge in [0.1, 0.15) is 4.60 Å². The Kier molecular flexibility index (Phi) is 40.6. The average Bonchev–Trinajstić information content (AvgIpc) is 2.65. The fourth-order valence-corrected chi connectivity index (χ4v) is 8.65. The molecule has 6 aromatic carbocycles. The molecule has 4 aromatic heterocycles. The van der Waals surface area contributed by atoms with E-state index in [1.807, 2.05) is 123 Å². The van der Waals surface area contributed by atoms with Crippen LogP contribution in [0.4, 0.5) is 22.7 Å². The third-order valence-corrected chi connectivity index (χ3v) is 15.6. The summed E-state index contributed by atoms with van der Waals surface area (Å²) in [5.41, 5.74) is 24.0. The number of aryl methyl sites for hydroxylation is 6. The summed E-state index contributed by atoms with van der Waals surface area (Å²) in [5.74, 6) is 0. The minimum absolute atomic E-state index is 0. The predicted octanol–water partition coefficient (Wildman–Crippen LogP) is 22.6. The lowest BCUT2D eigenvalue weighted by atomic mass is 9.81. The molecule has 0 radical (unpaired) electrons. The number of alkyl halides is 4. The molecule has 0 unspecified atom stereocenters. The molecule has 10 aromatic rings. The van der Waals surface area contributed by atoms with Crippen molar-refractivity contribution in [2.24, 2.45) is 0 Å². The van der Waals surface area contributed by atoms with E-state index in [-0.39, 0.29) is 7.43 Å². The Morgan fingerprint density at radius 3 is 1.16 bits per heavy atom. The Morgan fingerprint density at radius 2 is 0.864 bits per heavy atom. The first-order chi connectivity index (χ1) is 41.6. The van der Waals surface area contributed by atoms with Gasteiger partial charge >= 0.3 is 7.12 Å². The van der Waals surface area contributed by atoms with Crippen LogP contribution >= 0.6 is 129 Å². The normalized spacial score (nSPS) is 9.83. The number of nitrogens with zero attached hydrogens (tertiary/aromatic N) is 5. The number of halogens is 7. The van der Waals surface area contributed by atoms with E-state index in [9.17, 15) is 0 Å². The molecule has 0 bridgehead atoms. The Balaban J connectivity index is 0.000000401. The molecule has 10 rings (SSSR count). The topological polar surface area (TPSA) is 121 Å². The van der Waals surface area contributed by atoms with Crippen molar-refractivity contribution in [3.63, 3.8) is 0 Å². The zero-order valence-electron chi connectivity index (χ0n) is 51.0. The number of anilines is 4. The maximum atomic E-state index is 8.65. The maximum absolute atomic E-state index is 8.65. The minimum atomic E-state index is -1.43. The van der Waals surface area contributed by atoms with Gasteiger partial charge in [-0.2, -0.15) is 0 Å². The van der Waals surface area contributed by atoms with Crippen molar-refractivity contribution in [2.45, 2.75) is 95.4 Å². The summed E-state index contributed by atoms with van der Waals surface area (Å²) in [7, 11) is -1.43. The van der Waals surface area contributed by atoms with Crippen molar-refractivity contribution >= 4 is 165 Å². The zero-order chi connectivity index (χ0) is 64.3. The molecule has 0 aliphatic carbocycles. The second-order valence-electron chi connectivity index (χ2n) is 19.7. The molecule has 8 nitrogen and oxygen atoms in total. The minimum Gasteiger partial charge on any atom is -0.423 e. The summed E-state index contributed by atoms with van der Waals surface area (Å²) in [6.07, 6.45) is 9.77. The quantitative estimate of drug-likeness (QED) is 0.0430. The number of pyridine rings is 4. The van der Waals surface area contributed by atoms with Gasteiger partial charge in [0.05, 0.1) is 24.7 Å². The van der Waals surface area contributed by atoms with E-state index in [1.54, 1.807) is 30.6 Å². The fraction of sp³-hybridized carbons (Fsp3) is 0.222. The SMILES string of the molecule is Brc1ccccn1.C.CC(C)I.CCC(I)I.CCCI.Cc1cc(C)c(N(c2cccc(-c3ccccn3)c2)c2cccc(-c3ccccn3)c2)c(C)c1.Cc1cc(C)c(N)c(C)c1.Clc1cccc(-c2ccccn2)c1.OB(O)c1cccc(Cl)c1. The number of rotatable bonds is 9. The van der Waals surface area contributed by atoms with Crippen LogP contribution in [-0.2, 0) is 0 Å². The average molecular weight is 1730 g/mol. The van der Waals surface area contributed by atoms with Crippen LogP contribution in [0.5, 0.6) is 0 Å². The summed E-state index contributed by atoms with van der Waals surface area (Å²) in [4.78, 5) is 19.6. The van der Waals surface area contributed by atoms with Crippen molar-refractivity contribution in [2.75, 3.05) is 15.1 Å². The molecule has 0 atom stereocenters. The summed E-state index contributed by atoms with van der Waals surface area (Å²) >= 11 is 24.1. The summed E-state index contributed by atoms with van der Waals surface area (Å²) in [6, 6.07) is 63.6. The molecule has 88 heavy (non-hydrogen) atoms. The molecule has 0 spiro atoms. The molecule has 0 saturated carbocycles. The Labute approximate surface area is 599 Å². The van der Waals surface area contributed by atoms with Gasteiger partial charge in [0.15, 0.2) is 0 Å². The van der Waals surface area contributed by atoms with Crippen LogP contribution in [0.2, 0.25) is 10.0 Å². The van der Waals surface area contributed by atoms with Crippen LogP contribution in [0, 0.1) is 41.5 Å². The van der Waals surface area contributed by atoms with Crippen LogP contribution in [0.15, 0.2) is 224 Å². The van der Waals surface area contributed by atoms with Crippen LogP contribution in [0.3, 0.4) is 0 Å². The van der Waals surface area contributed by atoms with E-state index in [0.717, 1.165) is 66.3 Å². The van der Waals surface area contributed by atoms with Crippen molar-refractivity contribution in [1.82, 2.24) is 19.9 Å². The molecule has 0 aliphatic heterocycles. The summed E-state index contributed by atoms with van der Waals surface area (Å²) in [6.45, 7) is 21.3. The predicted molar refractivity (Wildman–Crippen MR) is 422 cm³/mol. The first-order valence-electron chi connectivity index (χ1n) is 28.2. The van der Waals surface area contributed by atoms with E-state index in [0.29, 0.717) is 10.5 Å². The number of hydrogen-bond acceptors (Lipinski definition) is 8. The molecule has 0 fully saturated rings. The Bertz CT molecular complexity index is 3390.